The molecule has 1 aromatic heterocycles. The summed E-state index contributed by atoms with van der Waals surface area (Å²) in [6, 6.07) is 23.1. The molecule has 1 amide bonds. The van der Waals surface area contributed by atoms with E-state index in [1.165, 1.54) is 44.1 Å². The third-order valence-electron chi connectivity index (χ3n) is 9.56. The number of amides is 1. The van der Waals surface area contributed by atoms with Crippen molar-refractivity contribution in [1.82, 2.24) is 9.88 Å². The van der Waals surface area contributed by atoms with Gasteiger partial charge in [0.05, 0.1) is 6.04 Å². The number of hydrogen-bond acceptors (Lipinski definition) is 2. The SMILES string of the molecule is Cc1cc(/C=C(/C#N)C(=O)N[C@@H](C)c2ccccc2)c(C)n1-c1ccc(C23CC4CC(CC(C4)C2)C3)cc1. The van der Waals surface area contributed by atoms with Crippen LogP contribution in [0.3, 0.4) is 0 Å². The van der Waals surface area contributed by atoms with Crippen LogP contribution in [-0.4, -0.2) is 10.5 Å². The summed E-state index contributed by atoms with van der Waals surface area (Å²) in [5.41, 5.74) is 7.19. The summed E-state index contributed by atoms with van der Waals surface area (Å²) in [6.07, 6.45) is 10.2. The zero-order chi connectivity index (χ0) is 26.4. The Balaban J connectivity index is 1.23. The minimum absolute atomic E-state index is 0.116. The van der Waals surface area contributed by atoms with Gasteiger partial charge in [0.1, 0.15) is 11.6 Å². The second-order valence-corrected chi connectivity index (χ2v) is 12.2. The van der Waals surface area contributed by atoms with Crippen molar-refractivity contribution < 1.29 is 4.79 Å². The van der Waals surface area contributed by atoms with Gasteiger partial charge in [-0.15, -0.1) is 0 Å². The lowest BCUT2D eigenvalue weighted by Crippen LogP contribution is -2.48. The summed E-state index contributed by atoms with van der Waals surface area (Å²) in [7, 11) is 0. The number of aryl methyl sites for hydroxylation is 1. The molecule has 3 aromatic rings. The molecule has 4 aliphatic carbocycles. The first-order chi connectivity index (χ1) is 18.3. The van der Waals surface area contributed by atoms with Crippen LogP contribution in [0.15, 0.2) is 66.2 Å². The fraction of sp³-hybridized carbons (Fsp3) is 0.412. The lowest BCUT2D eigenvalue weighted by Gasteiger charge is -2.57. The molecule has 4 aliphatic rings. The molecule has 4 saturated carbocycles. The average molecular weight is 504 g/mol. The summed E-state index contributed by atoms with van der Waals surface area (Å²) in [5, 5.41) is 12.8. The van der Waals surface area contributed by atoms with Gasteiger partial charge in [0, 0.05) is 17.1 Å². The minimum Gasteiger partial charge on any atom is -0.345 e. The first-order valence-electron chi connectivity index (χ1n) is 14.1. The van der Waals surface area contributed by atoms with Crippen molar-refractivity contribution >= 4 is 12.0 Å². The third-order valence-corrected chi connectivity index (χ3v) is 9.56. The quantitative estimate of drug-likeness (QED) is 0.282. The number of nitrogens with one attached hydrogen (secondary N) is 1. The third kappa shape index (κ3) is 4.39. The van der Waals surface area contributed by atoms with Crippen molar-refractivity contribution in [2.75, 3.05) is 0 Å². The lowest BCUT2D eigenvalue weighted by atomic mass is 9.48. The van der Waals surface area contributed by atoms with E-state index in [1.807, 2.05) is 37.3 Å². The molecular weight excluding hydrogens is 466 g/mol. The number of rotatable bonds is 6. The number of nitrogens with zero attached hydrogens (tertiary/aromatic N) is 2. The molecule has 4 heteroatoms. The fourth-order valence-electron chi connectivity index (χ4n) is 8.16. The monoisotopic (exact) mass is 503 g/mol. The molecule has 38 heavy (non-hydrogen) atoms. The van der Waals surface area contributed by atoms with E-state index >= 15 is 0 Å². The van der Waals surface area contributed by atoms with Gasteiger partial charge in [0.25, 0.3) is 5.91 Å². The van der Waals surface area contributed by atoms with Crippen LogP contribution in [0.2, 0.25) is 0 Å². The highest BCUT2D eigenvalue weighted by molar-refractivity contribution is 6.02. The maximum Gasteiger partial charge on any atom is 0.262 e. The Bertz CT molecular complexity index is 1390. The molecule has 0 saturated heterocycles. The van der Waals surface area contributed by atoms with E-state index < -0.39 is 0 Å². The number of aromatic nitrogens is 1. The molecule has 1 atom stereocenters. The van der Waals surface area contributed by atoms with Gasteiger partial charge < -0.3 is 9.88 Å². The van der Waals surface area contributed by atoms with Crippen molar-refractivity contribution in [2.45, 2.75) is 70.8 Å². The maximum absolute atomic E-state index is 12.9. The van der Waals surface area contributed by atoms with Crippen LogP contribution in [-0.2, 0) is 10.2 Å². The Kier molecular flexibility index (Phi) is 6.26. The van der Waals surface area contributed by atoms with Crippen LogP contribution in [0.5, 0.6) is 0 Å². The van der Waals surface area contributed by atoms with Gasteiger partial charge in [-0.05, 0) is 123 Å². The fourth-order valence-corrected chi connectivity index (χ4v) is 8.16. The first kappa shape index (κ1) is 24.7. The Morgan fingerprint density at radius 1 is 1.00 bits per heavy atom. The van der Waals surface area contributed by atoms with Crippen LogP contribution in [0.1, 0.15) is 79.6 Å². The standard InChI is InChI=1S/C34H37N3O/c1-22-13-29(17-30(21-35)33(38)36-23(2)28-7-5-4-6-8-28)24(3)37(22)32-11-9-31(10-12-32)34-18-25-14-26(19-34)16-27(15-25)20-34/h4-13,17,23,25-27H,14-16,18-20H2,1-3H3,(H,36,38)/b30-17-/t23-,25?,26?,27?,34?/m0/s1. The van der Waals surface area contributed by atoms with Crippen LogP contribution in [0, 0.1) is 42.9 Å². The van der Waals surface area contributed by atoms with E-state index in [0.717, 1.165) is 46.0 Å². The molecule has 0 aliphatic heterocycles. The molecule has 194 valence electrons. The molecule has 0 spiro atoms. The van der Waals surface area contributed by atoms with Gasteiger partial charge in [-0.2, -0.15) is 5.26 Å². The number of carbonyl (C=O) groups excluding carboxylic acids is 1. The van der Waals surface area contributed by atoms with E-state index in [9.17, 15) is 10.1 Å². The topological polar surface area (TPSA) is 57.8 Å². The predicted molar refractivity (Wildman–Crippen MR) is 152 cm³/mol. The van der Waals surface area contributed by atoms with Gasteiger partial charge in [-0.25, -0.2) is 0 Å². The second-order valence-electron chi connectivity index (χ2n) is 12.2. The normalized spacial score (nSPS) is 26.7. The van der Waals surface area contributed by atoms with E-state index in [0.29, 0.717) is 5.41 Å². The summed E-state index contributed by atoms with van der Waals surface area (Å²) >= 11 is 0. The van der Waals surface area contributed by atoms with Crippen molar-refractivity contribution in [1.29, 1.82) is 5.26 Å². The molecule has 0 unspecified atom stereocenters. The van der Waals surface area contributed by atoms with Crippen molar-refractivity contribution in [3.63, 3.8) is 0 Å². The van der Waals surface area contributed by atoms with Crippen LogP contribution in [0.25, 0.3) is 11.8 Å². The first-order valence-corrected chi connectivity index (χ1v) is 14.1. The zero-order valence-electron chi connectivity index (χ0n) is 22.7. The van der Waals surface area contributed by atoms with Crippen molar-refractivity contribution in [3.05, 3.63) is 94.3 Å². The molecule has 4 nitrogen and oxygen atoms in total. The zero-order valence-corrected chi connectivity index (χ0v) is 22.7. The van der Waals surface area contributed by atoms with E-state index in [4.69, 9.17) is 0 Å². The summed E-state index contributed by atoms with van der Waals surface area (Å²) in [4.78, 5) is 12.9. The van der Waals surface area contributed by atoms with Crippen LogP contribution < -0.4 is 5.32 Å². The largest absolute Gasteiger partial charge is 0.345 e. The maximum atomic E-state index is 12.9. The predicted octanol–water partition coefficient (Wildman–Crippen LogP) is 7.35. The van der Waals surface area contributed by atoms with Gasteiger partial charge >= 0.3 is 0 Å². The highest BCUT2D eigenvalue weighted by Gasteiger charge is 2.51. The summed E-state index contributed by atoms with van der Waals surface area (Å²) < 4.78 is 2.23. The highest BCUT2D eigenvalue weighted by atomic mass is 16.1. The van der Waals surface area contributed by atoms with Gasteiger partial charge in [-0.3, -0.25) is 4.79 Å². The molecule has 1 heterocycles. The molecule has 7 rings (SSSR count). The Labute approximate surface area is 226 Å². The van der Waals surface area contributed by atoms with Crippen LogP contribution in [0.4, 0.5) is 0 Å². The lowest BCUT2D eigenvalue weighted by molar-refractivity contribution is -0.117. The van der Waals surface area contributed by atoms with E-state index in [-0.39, 0.29) is 17.5 Å². The number of nitriles is 1. The van der Waals surface area contributed by atoms with E-state index in [1.54, 1.807) is 6.08 Å². The van der Waals surface area contributed by atoms with Crippen molar-refractivity contribution in [3.8, 4) is 11.8 Å². The van der Waals surface area contributed by atoms with E-state index in [2.05, 4.69) is 60.1 Å². The molecule has 2 aromatic carbocycles. The molecule has 4 fully saturated rings. The summed E-state index contributed by atoms with van der Waals surface area (Å²) in [6.45, 7) is 6.08. The van der Waals surface area contributed by atoms with Crippen LogP contribution >= 0.6 is 0 Å². The second kappa shape index (κ2) is 9.62. The number of carbonyl (C=O) groups is 1. The highest BCUT2D eigenvalue weighted by Crippen LogP contribution is 2.60. The Morgan fingerprint density at radius 3 is 2.18 bits per heavy atom. The number of hydrogen-bond donors (Lipinski definition) is 1. The molecule has 4 bridgehead atoms. The van der Waals surface area contributed by atoms with Gasteiger partial charge in [-0.1, -0.05) is 42.5 Å². The minimum atomic E-state index is -0.353. The molecular formula is C34H37N3O. The number of benzene rings is 2. The summed E-state index contributed by atoms with van der Waals surface area (Å²) in [5.74, 6) is 2.46. The average Bonchev–Trinajstić information content (AvgIpc) is 3.19. The van der Waals surface area contributed by atoms with Gasteiger partial charge in [0.2, 0.25) is 0 Å². The molecule has 0 radical (unpaired) electrons. The molecule has 1 N–H and O–H groups in total. The van der Waals surface area contributed by atoms with Gasteiger partial charge in [0.15, 0.2) is 0 Å². The Hall–Kier alpha value is -3.58. The van der Waals surface area contributed by atoms with Crippen molar-refractivity contribution in [2.24, 2.45) is 17.8 Å². The Morgan fingerprint density at radius 2 is 1.61 bits per heavy atom. The smallest absolute Gasteiger partial charge is 0.262 e.